The van der Waals surface area contributed by atoms with Gasteiger partial charge in [-0.3, -0.25) is 4.98 Å². The van der Waals surface area contributed by atoms with Crippen molar-refractivity contribution in [3.05, 3.63) is 46.7 Å². The van der Waals surface area contributed by atoms with E-state index < -0.39 is 0 Å². The van der Waals surface area contributed by atoms with Gasteiger partial charge in [0.25, 0.3) is 0 Å². The molecular weight excluding hydrogens is 242 g/mol. The van der Waals surface area contributed by atoms with Gasteiger partial charge in [-0.1, -0.05) is 0 Å². The molecule has 0 unspecified atom stereocenters. The first-order valence-electron chi connectivity index (χ1n) is 4.34. The number of halogens is 1. The zero-order chi connectivity index (χ0) is 9.97. The topological polar surface area (TPSA) is 30.7 Å². The van der Waals surface area contributed by atoms with Crippen LogP contribution in [0.5, 0.6) is 0 Å². The first-order valence-corrected chi connectivity index (χ1v) is 5.13. The van der Waals surface area contributed by atoms with Crippen LogP contribution in [0, 0.1) is 6.92 Å². The van der Waals surface area contributed by atoms with Gasteiger partial charge in [-0.2, -0.15) is 0 Å². The highest BCUT2D eigenvalue weighted by molar-refractivity contribution is 9.10. The van der Waals surface area contributed by atoms with Crippen LogP contribution in [0.3, 0.4) is 0 Å². The van der Waals surface area contributed by atoms with Crippen molar-refractivity contribution in [2.45, 2.75) is 13.5 Å². The monoisotopic (exact) mass is 251 g/mol. The third kappa shape index (κ3) is 2.01. The molecular formula is C10H10BrN3. The van der Waals surface area contributed by atoms with Crippen LogP contribution in [0.2, 0.25) is 0 Å². The molecule has 2 aromatic rings. The van der Waals surface area contributed by atoms with Gasteiger partial charge >= 0.3 is 0 Å². The van der Waals surface area contributed by atoms with Crippen molar-refractivity contribution in [1.82, 2.24) is 14.5 Å². The lowest BCUT2D eigenvalue weighted by Gasteiger charge is -2.03. The van der Waals surface area contributed by atoms with Crippen molar-refractivity contribution in [2.24, 2.45) is 0 Å². The molecule has 0 saturated carbocycles. The Kier molecular flexibility index (Phi) is 2.63. The summed E-state index contributed by atoms with van der Waals surface area (Å²) in [6.45, 7) is 2.76. The zero-order valence-electron chi connectivity index (χ0n) is 7.81. The van der Waals surface area contributed by atoms with Crippen molar-refractivity contribution in [3.8, 4) is 0 Å². The molecule has 0 spiro atoms. The molecule has 0 aliphatic rings. The van der Waals surface area contributed by atoms with Crippen LogP contribution in [0.1, 0.15) is 11.5 Å². The molecule has 14 heavy (non-hydrogen) atoms. The number of rotatable bonds is 2. The molecule has 72 valence electrons. The Morgan fingerprint density at radius 3 is 2.79 bits per heavy atom. The third-order valence-corrected chi connectivity index (χ3v) is 2.51. The van der Waals surface area contributed by atoms with Crippen molar-refractivity contribution in [3.63, 3.8) is 0 Å². The first kappa shape index (κ1) is 9.40. The van der Waals surface area contributed by atoms with Crippen molar-refractivity contribution in [1.29, 1.82) is 0 Å². The lowest BCUT2D eigenvalue weighted by Crippen LogP contribution is -2.02. The van der Waals surface area contributed by atoms with E-state index in [-0.39, 0.29) is 0 Å². The summed E-state index contributed by atoms with van der Waals surface area (Å²) < 4.78 is 3.07. The number of imidazole rings is 1. The van der Waals surface area contributed by atoms with Crippen LogP contribution >= 0.6 is 15.9 Å². The van der Waals surface area contributed by atoms with E-state index in [0.29, 0.717) is 0 Å². The fourth-order valence-corrected chi connectivity index (χ4v) is 1.48. The molecule has 0 atom stereocenters. The molecule has 0 saturated heterocycles. The Morgan fingerprint density at radius 2 is 2.21 bits per heavy atom. The van der Waals surface area contributed by atoms with Gasteiger partial charge in [0.1, 0.15) is 5.82 Å². The Bertz CT molecular complexity index is 419. The fraction of sp³-hybridized carbons (Fsp3) is 0.200. The Balaban J connectivity index is 2.19. The summed E-state index contributed by atoms with van der Waals surface area (Å²) in [5, 5.41) is 0. The van der Waals surface area contributed by atoms with Crippen molar-refractivity contribution >= 4 is 15.9 Å². The van der Waals surface area contributed by atoms with Gasteiger partial charge in [-0.25, -0.2) is 4.98 Å². The highest BCUT2D eigenvalue weighted by Crippen LogP contribution is 2.08. The molecule has 0 aliphatic heterocycles. The van der Waals surface area contributed by atoms with Gasteiger partial charge in [0, 0.05) is 23.1 Å². The second-order valence-electron chi connectivity index (χ2n) is 3.07. The summed E-state index contributed by atoms with van der Waals surface area (Å²) in [6.07, 6.45) is 5.56. The van der Waals surface area contributed by atoms with Gasteiger partial charge in [0.15, 0.2) is 0 Å². The lowest BCUT2D eigenvalue weighted by atomic mass is 10.3. The van der Waals surface area contributed by atoms with Crippen LogP contribution in [-0.4, -0.2) is 14.5 Å². The second kappa shape index (κ2) is 3.92. The molecule has 3 nitrogen and oxygen atoms in total. The molecule has 4 heteroatoms. The number of aromatic nitrogens is 3. The maximum Gasteiger partial charge on any atom is 0.105 e. The summed E-state index contributed by atoms with van der Waals surface area (Å²) in [5.74, 6) is 1.01. The lowest BCUT2D eigenvalue weighted by molar-refractivity contribution is 0.742. The SMILES string of the molecule is Cc1nccn1Cc1ccc(Br)cn1. The van der Waals surface area contributed by atoms with Gasteiger partial charge in [-0.05, 0) is 35.0 Å². The van der Waals surface area contributed by atoms with Gasteiger partial charge in [0.05, 0.1) is 12.2 Å². The third-order valence-electron chi connectivity index (χ3n) is 2.04. The summed E-state index contributed by atoms with van der Waals surface area (Å²) in [6, 6.07) is 4.00. The molecule has 0 fully saturated rings. The summed E-state index contributed by atoms with van der Waals surface area (Å²) in [5.41, 5.74) is 1.04. The highest BCUT2D eigenvalue weighted by Gasteiger charge is 1.99. The smallest absolute Gasteiger partial charge is 0.105 e. The Hall–Kier alpha value is -1.16. The normalized spacial score (nSPS) is 10.4. The first-order chi connectivity index (χ1) is 6.75. The van der Waals surface area contributed by atoms with Crippen LogP contribution in [0.25, 0.3) is 0 Å². The van der Waals surface area contributed by atoms with E-state index in [1.165, 1.54) is 0 Å². The van der Waals surface area contributed by atoms with Crippen molar-refractivity contribution in [2.75, 3.05) is 0 Å². The van der Waals surface area contributed by atoms with E-state index in [1.54, 1.807) is 6.20 Å². The van der Waals surface area contributed by atoms with E-state index in [0.717, 1.165) is 22.5 Å². The second-order valence-corrected chi connectivity index (χ2v) is 3.99. The number of hydrogen-bond acceptors (Lipinski definition) is 2. The number of hydrogen-bond donors (Lipinski definition) is 0. The van der Waals surface area contributed by atoms with Crippen LogP contribution < -0.4 is 0 Å². The predicted molar refractivity (Wildman–Crippen MR) is 58.0 cm³/mol. The summed E-state index contributed by atoms with van der Waals surface area (Å²) >= 11 is 3.36. The maximum absolute atomic E-state index is 4.30. The molecule has 2 aromatic heterocycles. The molecule has 0 N–H and O–H groups in total. The van der Waals surface area contributed by atoms with Gasteiger partial charge in [0.2, 0.25) is 0 Å². The minimum Gasteiger partial charge on any atom is -0.329 e. The number of aryl methyl sites for hydroxylation is 1. The minimum atomic E-state index is 0.777. The molecule has 0 amide bonds. The molecule has 2 rings (SSSR count). The molecule has 0 aromatic carbocycles. The van der Waals surface area contributed by atoms with Crippen molar-refractivity contribution < 1.29 is 0 Å². The quantitative estimate of drug-likeness (QED) is 0.821. The Morgan fingerprint density at radius 1 is 1.36 bits per heavy atom. The standard InChI is InChI=1S/C10H10BrN3/c1-8-12-4-5-14(8)7-10-3-2-9(11)6-13-10/h2-6H,7H2,1H3. The number of nitrogens with zero attached hydrogens (tertiary/aromatic N) is 3. The maximum atomic E-state index is 4.30. The average molecular weight is 252 g/mol. The van der Waals surface area contributed by atoms with Gasteiger partial charge in [-0.15, -0.1) is 0 Å². The van der Waals surface area contributed by atoms with E-state index in [4.69, 9.17) is 0 Å². The van der Waals surface area contributed by atoms with Crippen LogP contribution in [0.4, 0.5) is 0 Å². The molecule has 2 heterocycles. The van der Waals surface area contributed by atoms with E-state index in [2.05, 4.69) is 30.5 Å². The predicted octanol–water partition coefficient (Wildman–Crippen LogP) is 2.40. The zero-order valence-corrected chi connectivity index (χ0v) is 9.40. The van der Waals surface area contributed by atoms with E-state index >= 15 is 0 Å². The Labute approximate surface area is 90.9 Å². The highest BCUT2D eigenvalue weighted by atomic mass is 79.9. The molecule has 0 bridgehead atoms. The van der Waals surface area contributed by atoms with Crippen LogP contribution in [-0.2, 0) is 6.54 Å². The van der Waals surface area contributed by atoms with Crippen LogP contribution in [0.15, 0.2) is 35.2 Å². The minimum absolute atomic E-state index is 0.777. The van der Waals surface area contributed by atoms with E-state index in [9.17, 15) is 0 Å². The van der Waals surface area contributed by atoms with E-state index in [1.807, 2.05) is 31.5 Å². The molecule has 0 radical (unpaired) electrons. The fourth-order valence-electron chi connectivity index (χ4n) is 1.25. The van der Waals surface area contributed by atoms with Gasteiger partial charge < -0.3 is 4.57 Å². The molecule has 0 aliphatic carbocycles. The number of pyridine rings is 1. The average Bonchev–Trinajstić information content (AvgIpc) is 2.56. The summed E-state index contributed by atoms with van der Waals surface area (Å²) in [7, 11) is 0. The largest absolute Gasteiger partial charge is 0.329 e. The summed E-state index contributed by atoms with van der Waals surface area (Å²) in [4.78, 5) is 8.46.